The Morgan fingerprint density at radius 2 is 1.67 bits per heavy atom. The summed E-state index contributed by atoms with van der Waals surface area (Å²) >= 11 is 2.20. The van der Waals surface area contributed by atoms with Gasteiger partial charge in [-0.1, -0.05) is 18.2 Å². The number of carbonyl (C=O) groups is 1. The van der Waals surface area contributed by atoms with E-state index in [-0.39, 0.29) is 6.03 Å². The average molecular weight is 359 g/mol. The maximum Gasteiger partial charge on any atom is 0.319 e. The minimum Gasteiger partial charge on any atom is -0.335 e. The smallest absolute Gasteiger partial charge is 0.319 e. The van der Waals surface area contributed by atoms with Crippen molar-refractivity contribution in [3.05, 3.63) is 30.3 Å². The Bertz CT molecular complexity index is 377. The SMILES string of the molecule is O=C(Nc1ccccc1)NC1CCC(NI)CC1. The van der Waals surface area contributed by atoms with Crippen LogP contribution < -0.4 is 14.2 Å². The fourth-order valence-corrected chi connectivity index (χ4v) is 2.84. The van der Waals surface area contributed by atoms with E-state index in [4.69, 9.17) is 0 Å². The molecule has 0 spiro atoms. The molecule has 1 aliphatic rings. The third-order valence-electron chi connectivity index (χ3n) is 3.25. The number of rotatable bonds is 3. The van der Waals surface area contributed by atoms with Crippen molar-refractivity contribution in [1.82, 2.24) is 8.85 Å². The Labute approximate surface area is 121 Å². The van der Waals surface area contributed by atoms with Crippen molar-refractivity contribution in [1.29, 1.82) is 0 Å². The van der Waals surface area contributed by atoms with Gasteiger partial charge in [-0.2, -0.15) is 0 Å². The molecule has 0 atom stereocenters. The molecule has 0 radical (unpaired) electrons. The number of carbonyl (C=O) groups excluding carboxylic acids is 1. The van der Waals surface area contributed by atoms with E-state index in [2.05, 4.69) is 37.0 Å². The number of hydrogen-bond acceptors (Lipinski definition) is 2. The summed E-state index contributed by atoms with van der Waals surface area (Å²) < 4.78 is 3.26. The van der Waals surface area contributed by atoms with Crippen molar-refractivity contribution in [2.75, 3.05) is 5.32 Å². The first-order valence-corrected chi connectivity index (χ1v) is 7.34. The lowest BCUT2D eigenvalue weighted by molar-refractivity contribution is 0.242. The Kier molecular flexibility index (Phi) is 5.25. The second kappa shape index (κ2) is 6.94. The first-order valence-electron chi connectivity index (χ1n) is 6.26. The summed E-state index contributed by atoms with van der Waals surface area (Å²) in [6.45, 7) is 0. The van der Waals surface area contributed by atoms with E-state index in [0.29, 0.717) is 12.1 Å². The summed E-state index contributed by atoms with van der Waals surface area (Å²) in [7, 11) is 0. The van der Waals surface area contributed by atoms with Gasteiger partial charge in [0.25, 0.3) is 0 Å². The summed E-state index contributed by atoms with van der Waals surface area (Å²) in [5.74, 6) is 0. The molecule has 0 aliphatic heterocycles. The zero-order valence-corrected chi connectivity index (χ0v) is 12.3. The van der Waals surface area contributed by atoms with E-state index in [9.17, 15) is 4.79 Å². The van der Waals surface area contributed by atoms with Gasteiger partial charge in [0.05, 0.1) is 0 Å². The average Bonchev–Trinajstić information content (AvgIpc) is 2.40. The van der Waals surface area contributed by atoms with Crippen LogP contribution in [0.5, 0.6) is 0 Å². The van der Waals surface area contributed by atoms with Crippen LogP contribution in [0.15, 0.2) is 30.3 Å². The number of amides is 2. The minimum absolute atomic E-state index is 0.105. The highest BCUT2D eigenvalue weighted by molar-refractivity contribution is 14.1. The molecule has 3 N–H and O–H groups in total. The fraction of sp³-hybridized carbons (Fsp3) is 0.462. The van der Waals surface area contributed by atoms with Crippen molar-refractivity contribution in [2.24, 2.45) is 0 Å². The highest BCUT2D eigenvalue weighted by Crippen LogP contribution is 2.19. The van der Waals surface area contributed by atoms with E-state index in [0.717, 1.165) is 31.4 Å². The van der Waals surface area contributed by atoms with Crippen molar-refractivity contribution < 1.29 is 4.79 Å². The number of benzene rings is 1. The van der Waals surface area contributed by atoms with E-state index in [1.807, 2.05) is 30.3 Å². The molecule has 1 aromatic rings. The lowest BCUT2D eigenvalue weighted by Gasteiger charge is -2.28. The monoisotopic (exact) mass is 359 g/mol. The Balaban J connectivity index is 1.75. The largest absolute Gasteiger partial charge is 0.335 e. The van der Waals surface area contributed by atoms with Crippen LogP contribution in [0.4, 0.5) is 10.5 Å². The molecule has 0 unspecified atom stereocenters. The molecule has 1 fully saturated rings. The number of para-hydroxylation sites is 1. The molecule has 2 amide bonds. The van der Waals surface area contributed by atoms with E-state index >= 15 is 0 Å². The van der Waals surface area contributed by atoms with Crippen molar-refractivity contribution in [3.63, 3.8) is 0 Å². The quantitative estimate of drug-likeness (QED) is 0.574. The van der Waals surface area contributed by atoms with Gasteiger partial charge in [-0.15, -0.1) is 0 Å². The molecule has 0 heterocycles. The van der Waals surface area contributed by atoms with E-state index in [1.54, 1.807) is 0 Å². The highest BCUT2D eigenvalue weighted by atomic mass is 127. The maximum absolute atomic E-state index is 11.8. The second-order valence-corrected chi connectivity index (χ2v) is 5.24. The molecule has 1 saturated carbocycles. The standard InChI is InChI=1S/C13H18IN3O/c14-17-12-8-6-11(7-9-12)16-13(18)15-10-4-2-1-3-5-10/h1-5,11-12,17H,6-9H2,(H2,15,16,18). The minimum atomic E-state index is -0.105. The number of nitrogens with one attached hydrogen (secondary N) is 3. The number of hydrogen-bond donors (Lipinski definition) is 3. The molecule has 1 aliphatic carbocycles. The van der Waals surface area contributed by atoms with Crippen LogP contribution in [0.25, 0.3) is 0 Å². The second-order valence-electron chi connectivity index (χ2n) is 4.62. The molecule has 2 rings (SSSR count). The topological polar surface area (TPSA) is 53.2 Å². The molecule has 0 aromatic heterocycles. The van der Waals surface area contributed by atoms with E-state index < -0.39 is 0 Å². The van der Waals surface area contributed by atoms with Crippen LogP contribution in [0, 0.1) is 0 Å². The molecule has 0 saturated heterocycles. The molecule has 1 aromatic carbocycles. The zero-order valence-electron chi connectivity index (χ0n) is 10.2. The summed E-state index contributed by atoms with van der Waals surface area (Å²) in [4.78, 5) is 11.8. The lowest BCUT2D eigenvalue weighted by atomic mass is 9.92. The first kappa shape index (κ1) is 13.6. The molecule has 5 heteroatoms. The predicted molar refractivity (Wildman–Crippen MR) is 81.8 cm³/mol. The first-order chi connectivity index (χ1) is 8.78. The van der Waals surface area contributed by atoms with Gasteiger partial charge in [0, 0.05) is 40.6 Å². The summed E-state index contributed by atoms with van der Waals surface area (Å²) in [5.41, 5.74) is 0.831. The Hall–Kier alpha value is -0.820. The van der Waals surface area contributed by atoms with Crippen LogP contribution >= 0.6 is 22.9 Å². The highest BCUT2D eigenvalue weighted by Gasteiger charge is 2.21. The summed E-state index contributed by atoms with van der Waals surface area (Å²) in [5, 5.41) is 5.88. The van der Waals surface area contributed by atoms with Gasteiger partial charge >= 0.3 is 6.03 Å². The fourth-order valence-electron chi connectivity index (χ4n) is 2.22. The predicted octanol–water partition coefficient (Wildman–Crippen LogP) is 3.06. The van der Waals surface area contributed by atoms with Gasteiger partial charge in [-0.05, 0) is 37.8 Å². The molecule has 18 heavy (non-hydrogen) atoms. The number of anilines is 1. The maximum atomic E-state index is 11.8. The van der Waals surface area contributed by atoms with E-state index in [1.165, 1.54) is 0 Å². The number of urea groups is 1. The van der Waals surface area contributed by atoms with Crippen LogP contribution in [0.3, 0.4) is 0 Å². The third-order valence-corrected chi connectivity index (χ3v) is 4.13. The molecule has 98 valence electrons. The third kappa shape index (κ3) is 4.13. The molecular weight excluding hydrogens is 341 g/mol. The van der Waals surface area contributed by atoms with Gasteiger partial charge < -0.3 is 10.6 Å². The van der Waals surface area contributed by atoms with Gasteiger partial charge in [0.15, 0.2) is 0 Å². The van der Waals surface area contributed by atoms with Gasteiger partial charge in [-0.3, -0.25) is 3.53 Å². The van der Waals surface area contributed by atoms with Crippen LogP contribution in [-0.2, 0) is 0 Å². The summed E-state index contributed by atoms with van der Waals surface area (Å²) in [6, 6.07) is 10.3. The Morgan fingerprint density at radius 1 is 1.06 bits per heavy atom. The van der Waals surface area contributed by atoms with Gasteiger partial charge in [-0.25, -0.2) is 4.79 Å². The summed E-state index contributed by atoms with van der Waals surface area (Å²) in [6.07, 6.45) is 4.34. The lowest BCUT2D eigenvalue weighted by Crippen LogP contribution is -2.42. The van der Waals surface area contributed by atoms with Crippen molar-refractivity contribution in [2.45, 2.75) is 37.8 Å². The van der Waals surface area contributed by atoms with Crippen molar-refractivity contribution >= 4 is 34.6 Å². The van der Waals surface area contributed by atoms with Crippen molar-refractivity contribution in [3.8, 4) is 0 Å². The van der Waals surface area contributed by atoms with Crippen LogP contribution in [0.2, 0.25) is 0 Å². The normalized spacial score (nSPS) is 23.4. The van der Waals surface area contributed by atoms with Crippen LogP contribution in [-0.4, -0.2) is 18.1 Å². The zero-order chi connectivity index (χ0) is 12.8. The Morgan fingerprint density at radius 3 is 2.28 bits per heavy atom. The van der Waals surface area contributed by atoms with Gasteiger partial charge in [0.2, 0.25) is 0 Å². The molecule has 0 bridgehead atoms. The molecular formula is C13H18IN3O. The molecule has 4 nitrogen and oxygen atoms in total. The van der Waals surface area contributed by atoms with Crippen LogP contribution in [0.1, 0.15) is 25.7 Å². The number of halogens is 1. The van der Waals surface area contributed by atoms with Gasteiger partial charge in [0.1, 0.15) is 0 Å².